The fourth-order valence-electron chi connectivity index (χ4n) is 2.17. The zero-order chi connectivity index (χ0) is 12.4. The summed E-state index contributed by atoms with van der Waals surface area (Å²) < 4.78 is 0. The normalized spacial score (nSPS) is 20.5. The summed E-state index contributed by atoms with van der Waals surface area (Å²) in [6, 6.07) is 6.12. The molecule has 1 saturated heterocycles. The molecule has 0 aliphatic carbocycles. The lowest BCUT2D eigenvalue weighted by molar-refractivity contribution is 0.414. The van der Waals surface area contributed by atoms with Crippen molar-refractivity contribution < 1.29 is 0 Å². The van der Waals surface area contributed by atoms with Gasteiger partial charge in [0, 0.05) is 18.3 Å². The Bertz CT molecular complexity index is 436. The average Bonchev–Trinajstić information content (AvgIpc) is 2.63. The molecule has 0 saturated carbocycles. The number of anilines is 1. The van der Waals surface area contributed by atoms with Gasteiger partial charge in [0.25, 0.3) is 0 Å². The SMILES string of the molecule is CN1CCC(Nc2cccc(Cl)c2C(N)=S)C1. The first-order chi connectivity index (χ1) is 8.08. The Balaban J connectivity index is 2.20. The number of hydrogen-bond donors (Lipinski definition) is 2. The fraction of sp³-hybridized carbons (Fsp3) is 0.417. The highest BCUT2D eigenvalue weighted by atomic mass is 35.5. The second-order valence-electron chi connectivity index (χ2n) is 4.42. The van der Waals surface area contributed by atoms with Crippen LogP contribution in [0.3, 0.4) is 0 Å². The molecule has 0 bridgehead atoms. The third-order valence-corrected chi connectivity index (χ3v) is 3.53. The molecule has 5 heteroatoms. The van der Waals surface area contributed by atoms with Crippen molar-refractivity contribution >= 4 is 34.5 Å². The number of rotatable bonds is 3. The van der Waals surface area contributed by atoms with E-state index in [9.17, 15) is 0 Å². The lowest BCUT2D eigenvalue weighted by Gasteiger charge is -2.17. The number of likely N-dealkylation sites (tertiary alicyclic amines) is 1. The minimum absolute atomic E-state index is 0.337. The van der Waals surface area contributed by atoms with Crippen LogP contribution < -0.4 is 11.1 Å². The minimum Gasteiger partial charge on any atom is -0.389 e. The van der Waals surface area contributed by atoms with Crippen LogP contribution in [0.25, 0.3) is 0 Å². The molecule has 17 heavy (non-hydrogen) atoms. The predicted molar refractivity (Wildman–Crippen MR) is 76.9 cm³/mol. The van der Waals surface area contributed by atoms with Crippen LogP contribution in [0.5, 0.6) is 0 Å². The van der Waals surface area contributed by atoms with Gasteiger partial charge in [-0.15, -0.1) is 0 Å². The Labute approximate surface area is 112 Å². The number of nitrogens with zero attached hydrogens (tertiary/aromatic N) is 1. The van der Waals surface area contributed by atoms with E-state index in [2.05, 4.69) is 17.3 Å². The van der Waals surface area contributed by atoms with Crippen molar-refractivity contribution in [2.24, 2.45) is 5.73 Å². The van der Waals surface area contributed by atoms with Crippen LogP contribution in [0.15, 0.2) is 18.2 Å². The monoisotopic (exact) mass is 269 g/mol. The van der Waals surface area contributed by atoms with Crippen LogP contribution in [-0.4, -0.2) is 36.1 Å². The number of thiocarbonyl (C=S) groups is 1. The van der Waals surface area contributed by atoms with Crippen LogP contribution in [0, 0.1) is 0 Å². The summed E-state index contributed by atoms with van der Waals surface area (Å²) in [6.07, 6.45) is 1.12. The Hall–Kier alpha value is -0.840. The molecule has 1 atom stereocenters. The largest absolute Gasteiger partial charge is 0.389 e. The molecule has 3 nitrogen and oxygen atoms in total. The van der Waals surface area contributed by atoms with Crippen molar-refractivity contribution in [3.63, 3.8) is 0 Å². The highest BCUT2D eigenvalue weighted by Gasteiger charge is 2.20. The minimum atomic E-state index is 0.337. The summed E-state index contributed by atoms with van der Waals surface area (Å²) >= 11 is 11.2. The first kappa shape index (κ1) is 12.6. The number of nitrogens with two attached hydrogens (primary N) is 1. The van der Waals surface area contributed by atoms with E-state index in [1.807, 2.05) is 18.2 Å². The van der Waals surface area contributed by atoms with Crippen molar-refractivity contribution in [3.8, 4) is 0 Å². The lowest BCUT2D eigenvalue weighted by atomic mass is 10.1. The molecule has 1 aliphatic heterocycles. The van der Waals surface area contributed by atoms with Crippen LogP contribution in [0.4, 0.5) is 5.69 Å². The molecule has 2 rings (SSSR count). The zero-order valence-corrected chi connectivity index (χ0v) is 11.3. The summed E-state index contributed by atoms with van der Waals surface area (Å²) in [5, 5.41) is 4.07. The zero-order valence-electron chi connectivity index (χ0n) is 9.74. The second kappa shape index (κ2) is 5.21. The molecule has 1 aliphatic rings. The van der Waals surface area contributed by atoms with Gasteiger partial charge in [0.2, 0.25) is 0 Å². The molecular formula is C12H16ClN3S. The van der Waals surface area contributed by atoms with Gasteiger partial charge in [-0.25, -0.2) is 0 Å². The maximum atomic E-state index is 6.12. The van der Waals surface area contributed by atoms with Crippen LogP contribution >= 0.6 is 23.8 Å². The van der Waals surface area contributed by atoms with E-state index in [1.54, 1.807) is 0 Å². The molecule has 1 heterocycles. The molecule has 3 N–H and O–H groups in total. The maximum absolute atomic E-state index is 6.12. The first-order valence-electron chi connectivity index (χ1n) is 5.61. The van der Waals surface area contributed by atoms with Crippen molar-refractivity contribution in [2.45, 2.75) is 12.5 Å². The van der Waals surface area contributed by atoms with Gasteiger partial charge in [0.15, 0.2) is 0 Å². The smallest absolute Gasteiger partial charge is 0.107 e. The van der Waals surface area contributed by atoms with Crippen molar-refractivity contribution in [1.29, 1.82) is 0 Å². The molecule has 1 aromatic carbocycles. The Kier molecular flexibility index (Phi) is 3.86. The number of nitrogens with one attached hydrogen (secondary N) is 1. The van der Waals surface area contributed by atoms with Gasteiger partial charge < -0.3 is 16.0 Å². The van der Waals surface area contributed by atoms with E-state index in [0.717, 1.165) is 30.8 Å². The van der Waals surface area contributed by atoms with Gasteiger partial charge >= 0.3 is 0 Å². The number of hydrogen-bond acceptors (Lipinski definition) is 3. The lowest BCUT2D eigenvalue weighted by Crippen LogP contribution is -2.25. The summed E-state index contributed by atoms with van der Waals surface area (Å²) in [6.45, 7) is 2.14. The van der Waals surface area contributed by atoms with E-state index in [-0.39, 0.29) is 0 Å². The molecule has 1 fully saturated rings. The number of benzene rings is 1. The van der Waals surface area contributed by atoms with Crippen molar-refractivity contribution in [2.75, 3.05) is 25.5 Å². The van der Waals surface area contributed by atoms with E-state index < -0.39 is 0 Å². The highest BCUT2D eigenvalue weighted by molar-refractivity contribution is 7.80. The highest BCUT2D eigenvalue weighted by Crippen LogP contribution is 2.26. The molecule has 1 aromatic rings. The number of halogens is 1. The van der Waals surface area contributed by atoms with Gasteiger partial charge in [0.1, 0.15) is 4.99 Å². The fourth-order valence-corrected chi connectivity index (χ4v) is 2.72. The standard InChI is InChI=1S/C12H16ClN3S/c1-16-6-5-8(7-16)15-10-4-2-3-9(13)11(10)12(14)17/h2-4,8,15H,5-7H2,1H3,(H2,14,17). The van der Waals surface area contributed by atoms with E-state index in [4.69, 9.17) is 29.6 Å². The van der Waals surface area contributed by atoms with E-state index in [1.165, 1.54) is 0 Å². The molecule has 0 amide bonds. The Morgan fingerprint density at radius 1 is 1.59 bits per heavy atom. The summed E-state index contributed by atoms with van der Waals surface area (Å²) in [5.74, 6) is 0. The van der Waals surface area contributed by atoms with Crippen LogP contribution in [-0.2, 0) is 0 Å². The van der Waals surface area contributed by atoms with E-state index in [0.29, 0.717) is 16.1 Å². The van der Waals surface area contributed by atoms with Crippen LogP contribution in [0.1, 0.15) is 12.0 Å². The maximum Gasteiger partial charge on any atom is 0.107 e. The first-order valence-corrected chi connectivity index (χ1v) is 6.40. The molecule has 92 valence electrons. The van der Waals surface area contributed by atoms with Gasteiger partial charge in [-0.05, 0) is 32.1 Å². The van der Waals surface area contributed by atoms with E-state index >= 15 is 0 Å². The molecule has 0 radical (unpaired) electrons. The van der Waals surface area contributed by atoms with Crippen molar-refractivity contribution in [1.82, 2.24) is 4.90 Å². The quantitative estimate of drug-likeness (QED) is 0.825. The predicted octanol–water partition coefficient (Wildman–Crippen LogP) is 2.09. The van der Waals surface area contributed by atoms with Crippen LogP contribution in [0.2, 0.25) is 5.02 Å². The Morgan fingerprint density at radius 3 is 2.94 bits per heavy atom. The third-order valence-electron chi connectivity index (χ3n) is 3.01. The Morgan fingerprint density at radius 2 is 2.35 bits per heavy atom. The number of likely N-dealkylation sites (N-methyl/N-ethyl adjacent to an activating group) is 1. The van der Waals surface area contributed by atoms with Gasteiger partial charge in [0.05, 0.1) is 10.6 Å². The third kappa shape index (κ3) is 2.89. The molecule has 1 unspecified atom stereocenters. The summed E-state index contributed by atoms with van der Waals surface area (Å²) in [4.78, 5) is 2.63. The van der Waals surface area contributed by atoms with Gasteiger partial charge in [-0.3, -0.25) is 0 Å². The topological polar surface area (TPSA) is 41.3 Å². The summed E-state index contributed by atoms with van der Waals surface area (Å²) in [7, 11) is 2.12. The molecule has 0 spiro atoms. The average molecular weight is 270 g/mol. The second-order valence-corrected chi connectivity index (χ2v) is 5.27. The van der Waals surface area contributed by atoms with Gasteiger partial charge in [-0.2, -0.15) is 0 Å². The van der Waals surface area contributed by atoms with Gasteiger partial charge in [-0.1, -0.05) is 29.9 Å². The van der Waals surface area contributed by atoms with Crippen molar-refractivity contribution in [3.05, 3.63) is 28.8 Å². The summed E-state index contributed by atoms with van der Waals surface area (Å²) in [5.41, 5.74) is 7.40. The molecule has 0 aromatic heterocycles. The molecular weight excluding hydrogens is 254 g/mol.